The molecule has 1 rings (SSSR count). The number of hydrogen-bond acceptors (Lipinski definition) is 4. The highest BCUT2D eigenvalue weighted by molar-refractivity contribution is 5.68. The van der Waals surface area contributed by atoms with Gasteiger partial charge in [0.05, 0.1) is 6.54 Å². The van der Waals surface area contributed by atoms with E-state index in [1.807, 2.05) is 0 Å². The molecule has 0 saturated heterocycles. The van der Waals surface area contributed by atoms with E-state index in [2.05, 4.69) is 10.6 Å². The molecule has 0 bridgehead atoms. The molecule has 2 atom stereocenters. The number of alkyl halides is 2. The standard InChI is InChI=1S/C13H24F2N2O3/c1-12(2,3)20-11(19)17-10-5-4-9(6-10)16-7-13(14,15)8-18/h9-10,16,18H,4-8H2,1-3H3,(H,17,19). The zero-order valence-corrected chi connectivity index (χ0v) is 12.2. The van der Waals surface area contributed by atoms with E-state index in [1.165, 1.54) is 0 Å². The number of alkyl carbamates (subject to hydrolysis) is 1. The maximum absolute atomic E-state index is 12.9. The van der Waals surface area contributed by atoms with Gasteiger partial charge in [-0.15, -0.1) is 0 Å². The van der Waals surface area contributed by atoms with Crippen molar-refractivity contribution in [2.24, 2.45) is 0 Å². The molecule has 1 saturated carbocycles. The topological polar surface area (TPSA) is 70.6 Å². The number of aliphatic hydroxyl groups excluding tert-OH is 1. The average molecular weight is 294 g/mol. The molecular weight excluding hydrogens is 270 g/mol. The molecule has 0 aliphatic heterocycles. The Morgan fingerprint density at radius 1 is 1.30 bits per heavy atom. The fraction of sp³-hybridized carbons (Fsp3) is 0.923. The summed E-state index contributed by atoms with van der Waals surface area (Å²) in [6.07, 6.45) is 1.54. The van der Waals surface area contributed by atoms with Crippen LogP contribution in [0, 0.1) is 0 Å². The molecule has 1 aliphatic carbocycles. The second-order valence-electron chi connectivity index (χ2n) is 6.25. The van der Waals surface area contributed by atoms with Crippen molar-refractivity contribution in [1.29, 1.82) is 0 Å². The molecule has 118 valence electrons. The number of aliphatic hydroxyl groups is 1. The van der Waals surface area contributed by atoms with E-state index in [9.17, 15) is 13.6 Å². The highest BCUT2D eigenvalue weighted by Crippen LogP contribution is 2.21. The minimum atomic E-state index is -3.10. The largest absolute Gasteiger partial charge is 0.444 e. The summed E-state index contributed by atoms with van der Waals surface area (Å²) < 4.78 is 30.9. The van der Waals surface area contributed by atoms with E-state index in [0.29, 0.717) is 12.8 Å². The van der Waals surface area contributed by atoms with Crippen molar-refractivity contribution in [3.63, 3.8) is 0 Å². The van der Waals surface area contributed by atoms with Crippen LogP contribution in [0.4, 0.5) is 13.6 Å². The molecule has 5 nitrogen and oxygen atoms in total. The van der Waals surface area contributed by atoms with Crippen LogP contribution in [0.5, 0.6) is 0 Å². The van der Waals surface area contributed by atoms with Crippen molar-refractivity contribution < 1.29 is 23.4 Å². The van der Waals surface area contributed by atoms with Crippen LogP contribution in [0.1, 0.15) is 40.0 Å². The van der Waals surface area contributed by atoms with Gasteiger partial charge in [0.1, 0.15) is 12.2 Å². The van der Waals surface area contributed by atoms with Gasteiger partial charge in [-0.25, -0.2) is 13.6 Å². The van der Waals surface area contributed by atoms with Gasteiger partial charge in [0.2, 0.25) is 0 Å². The average Bonchev–Trinajstić information content (AvgIpc) is 2.71. The minimum absolute atomic E-state index is 0.0647. The van der Waals surface area contributed by atoms with E-state index >= 15 is 0 Å². The van der Waals surface area contributed by atoms with Gasteiger partial charge in [0.15, 0.2) is 0 Å². The first-order valence-electron chi connectivity index (χ1n) is 6.83. The summed E-state index contributed by atoms with van der Waals surface area (Å²) in [5.74, 6) is -3.10. The number of ether oxygens (including phenoxy) is 1. The molecule has 20 heavy (non-hydrogen) atoms. The van der Waals surface area contributed by atoms with Gasteiger partial charge in [-0.05, 0) is 40.0 Å². The number of carbonyl (C=O) groups excluding carboxylic acids is 1. The summed E-state index contributed by atoms with van der Waals surface area (Å²) in [4.78, 5) is 11.6. The number of carbonyl (C=O) groups is 1. The Hall–Kier alpha value is -0.950. The van der Waals surface area contributed by atoms with Gasteiger partial charge in [0.25, 0.3) is 5.92 Å². The van der Waals surface area contributed by atoms with Crippen LogP contribution in [0.2, 0.25) is 0 Å². The maximum atomic E-state index is 12.9. The van der Waals surface area contributed by atoms with E-state index < -0.39 is 30.8 Å². The Kier molecular flexibility index (Phi) is 5.70. The molecule has 0 aromatic heterocycles. The third-order valence-corrected chi connectivity index (χ3v) is 3.03. The first-order chi connectivity index (χ1) is 9.11. The Balaban J connectivity index is 2.28. The molecular formula is C13H24F2N2O3. The van der Waals surface area contributed by atoms with E-state index in [-0.39, 0.29) is 12.1 Å². The van der Waals surface area contributed by atoms with Crippen LogP contribution >= 0.6 is 0 Å². The molecule has 0 aromatic rings. The second-order valence-corrected chi connectivity index (χ2v) is 6.25. The third-order valence-electron chi connectivity index (χ3n) is 3.03. The minimum Gasteiger partial charge on any atom is -0.444 e. The lowest BCUT2D eigenvalue weighted by Crippen LogP contribution is -2.42. The smallest absolute Gasteiger partial charge is 0.407 e. The Bertz CT molecular complexity index is 332. The summed E-state index contributed by atoms with van der Waals surface area (Å²) in [5, 5.41) is 13.9. The molecule has 0 spiro atoms. The van der Waals surface area contributed by atoms with Gasteiger partial charge in [-0.2, -0.15) is 0 Å². The van der Waals surface area contributed by atoms with Crippen molar-refractivity contribution >= 4 is 6.09 Å². The number of halogens is 2. The van der Waals surface area contributed by atoms with Gasteiger partial charge in [-0.1, -0.05) is 0 Å². The normalized spacial score (nSPS) is 23.7. The lowest BCUT2D eigenvalue weighted by Gasteiger charge is -2.22. The predicted molar refractivity (Wildman–Crippen MR) is 70.8 cm³/mol. The fourth-order valence-corrected chi connectivity index (χ4v) is 2.12. The number of rotatable bonds is 5. The quantitative estimate of drug-likeness (QED) is 0.721. The van der Waals surface area contributed by atoms with Gasteiger partial charge in [-0.3, -0.25) is 0 Å². The van der Waals surface area contributed by atoms with Crippen LogP contribution in [-0.4, -0.2) is 48.0 Å². The van der Waals surface area contributed by atoms with Crippen LogP contribution < -0.4 is 10.6 Å². The molecule has 2 unspecified atom stereocenters. The lowest BCUT2D eigenvalue weighted by molar-refractivity contribution is -0.0492. The van der Waals surface area contributed by atoms with Crippen LogP contribution in [-0.2, 0) is 4.74 Å². The highest BCUT2D eigenvalue weighted by Gasteiger charge is 2.32. The zero-order valence-electron chi connectivity index (χ0n) is 12.2. The Morgan fingerprint density at radius 3 is 2.45 bits per heavy atom. The number of hydrogen-bond donors (Lipinski definition) is 3. The van der Waals surface area contributed by atoms with Gasteiger partial charge < -0.3 is 20.5 Å². The number of amides is 1. The summed E-state index contributed by atoms with van der Waals surface area (Å²) in [6.45, 7) is 3.63. The van der Waals surface area contributed by atoms with Crippen molar-refractivity contribution in [2.45, 2.75) is 63.6 Å². The van der Waals surface area contributed by atoms with Crippen molar-refractivity contribution in [3.05, 3.63) is 0 Å². The second kappa shape index (κ2) is 6.67. The van der Waals surface area contributed by atoms with Crippen LogP contribution in [0.15, 0.2) is 0 Å². The Labute approximate surface area is 118 Å². The number of nitrogens with one attached hydrogen (secondary N) is 2. The molecule has 1 aliphatic rings. The van der Waals surface area contributed by atoms with E-state index in [0.717, 1.165) is 6.42 Å². The molecule has 0 aromatic carbocycles. The molecule has 0 radical (unpaired) electrons. The summed E-state index contributed by atoms with van der Waals surface area (Å²) in [7, 11) is 0. The van der Waals surface area contributed by atoms with Crippen LogP contribution in [0.3, 0.4) is 0 Å². The van der Waals surface area contributed by atoms with Gasteiger partial charge >= 0.3 is 6.09 Å². The first kappa shape index (κ1) is 17.1. The van der Waals surface area contributed by atoms with Gasteiger partial charge in [0, 0.05) is 12.1 Å². The van der Waals surface area contributed by atoms with Crippen molar-refractivity contribution in [2.75, 3.05) is 13.2 Å². The molecule has 1 fully saturated rings. The molecule has 3 N–H and O–H groups in total. The monoisotopic (exact) mass is 294 g/mol. The molecule has 0 heterocycles. The van der Waals surface area contributed by atoms with E-state index in [4.69, 9.17) is 9.84 Å². The molecule has 1 amide bonds. The summed E-state index contributed by atoms with van der Waals surface area (Å²) in [6, 6.07) is -0.141. The summed E-state index contributed by atoms with van der Waals surface area (Å²) in [5.41, 5.74) is -0.552. The van der Waals surface area contributed by atoms with Crippen LogP contribution in [0.25, 0.3) is 0 Å². The van der Waals surface area contributed by atoms with Crippen molar-refractivity contribution in [3.8, 4) is 0 Å². The maximum Gasteiger partial charge on any atom is 0.407 e. The van der Waals surface area contributed by atoms with E-state index in [1.54, 1.807) is 20.8 Å². The third kappa shape index (κ3) is 6.47. The SMILES string of the molecule is CC(C)(C)OC(=O)NC1CCC(NCC(F)(F)CO)C1. The predicted octanol–water partition coefficient (Wildman–Crippen LogP) is 1.65. The zero-order chi connectivity index (χ0) is 15.4. The fourth-order valence-electron chi connectivity index (χ4n) is 2.12. The lowest BCUT2D eigenvalue weighted by atomic mass is 10.2. The van der Waals surface area contributed by atoms with Crippen molar-refractivity contribution in [1.82, 2.24) is 10.6 Å². The molecule has 7 heteroatoms. The first-order valence-corrected chi connectivity index (χ1v) is 6.83. The summed E-state index contributed by atoms with van der Waals surface area (Å²) >= 11 is 0. The highest BCUT2D eigenvalue weighted by atomic mass is 19.3. The Morgan fingerprint density at radius 2 is 1.90 bits per heavy atom.